The first kappa shape index (κ1) is 10.5. The molecule has 3 nitrogen and oxygen atoms in total. The van der Waals surface area contributed by atoms with Crippen LogP contribution in [0.5, 0.6) is 5.75 Å². The zero-order valence-electron chi connectivity index (χ0n) is 9.02. The number of rotatable bonds is 4. The molecule has 1 aromatic carbocycles. The molecule has 0 aromatic heterocycles. The molecule has 0 aliphatic carbocycles. The van der Waals surface area contributed by atoms with Crippen molar-refractivity contribution in [3.05, 3.63) is 29.8 Å². The molecule has 0 radical (unpaired) electrons. The highest BCUT2D eigenvalue weighted by Crippen LogP contribution is 2.12. The average molecular weight is 207 g/mol. The minimum atomic E-state index is -0.121. The maximum absolute atomic E-state index is 9.08. The van der Waals surface area contributed by atoms with E-state index in [1.54, 1.807) is 0 Å². The molecule has 1 aromatic rings. The molecule has 1 N–H and O–H groups in total. The monoisotopic (exact) mass is 207 g/mol. The van der Waals surface area contributed by atoms with Crippen LogP contribution in [0.4, 0.5) is 0 Å². The van der Waals surface area contributed by atoms with Crippen LogP contribution in [0.25, 0.3) is 0 Å². The Morgan fingerprint density at radius 2 is 2.00 bits per heavy atom. The molecule has 0 spiro atoms. The molecular weight excluding hydrogens is 190 g/mol. The van der Waals surface area contributed by atoms with Gasteiger partial charge in [0.25, 0.3) is 0 Å². The molecule has 0 bridgehead atoms. The smallest absolute Gasteiger partial charge is 0.119 e. The fourth-order valence-corrected chi connectivity index (χ4v) is 1.65. The third-order valence-electron chi connectivity index (χ3n) is 2.64. The third-order valence-corrected chi connectivity index (χ3v) is 2.64. The van der Waals surface area contributed by atoms with Crippen molar-refractivity contribution in [3.63, 3.8) is 0 Å². The Morgan fingerprint density at radius 1 is 1.33 bits per heavy atom. The Bertz CT molecular complexity index is 304. The van der Waals surface area contributed by atoms with Crippen LogP contribution >= 0.6 is 0 Å². The zero-order valence-corrected chi connectivity index (χ0v) is 9.02. The lowest BCUT2D eigenvalue weighted by atomic mass is 10.2. The van der Waals surface area contributed by atoms with Crippen molar-refractivity contribution in [2.45, 2.75) is 13.0 Å². The first-order valence-corrected chi connectivity index (χ1v) is 5.34. The van der Waals surface area contributed by atoms with Gasteiger partial charge in [-0.2, -0.15) is 0 Å². The molecule has 1 heterocycles. The molecule has 0 saturated carbocycles. The fourth-order valence-electron chi connectivity index (χ4n) is 1.65. The highest BCUT2D eigenvalue weighted by molar-refractivity contribution is 5.26. The normalized spacial score (nSPS) is 17.5. The molecule has 1 fully saturated rings. The van der Waals surface area contributed by atoms with Gasteiger partial charge >= 0.3 is 0 Å². The molecule has 2 rings (SSSR count). The van der Waals surface area contributed by atoms with Gasteiger partial charge in [0.1, 0.15) is 12.4 Å². The molecule has 3 heteroatoms. The molecular formula is C12H17NO2. The highest BCUT2D eigenvalue weighted by atomic mass is 16.5. The van der Waals surface area contributed by atoms with Crippen LogP contribution < -0.4 is 4.74 Å². The lowest BCUT2D eigenvalue weighted by molar-refractivity contribution is -0.00387. The van der Waals surface area contributed by atoms with Crippen LogP contribution in [-0.2, 0) is 0 Å². The van der Waals surface area contributed by atoms with Crippen molar-refractivity contribution in [2.75, 3.05) is 26.2 Å². The largest absolute Gasteiger partial charge is 0.492 e. The van der Waals surface area contributed by atoms with Gasteiger partial charge in [-0.1, -0.05) is 17.7 Å². The number of hydrogen-bond donors (Lipinski definition) is 1. The van der Waals surface area contributed by atoms with Crippen LogP contribution in [0.2, 0.25) is 0 Å². The van der Waals surface area contributed by atoms with Gasteiger partial charge in [0, 0.05) is 19.6 Å². The Kier molecular flexibility index (Phi) is 3.23. The fraction of sp³-hybridized carbons (Fsp3) is 0.500. The number of benzene rings is 1. The topological polar surface area (TPSA) is 32.7 Å². The van der Waals surface area contributed by atoms with E-state index in [4.69, 9.17) is 9.84 Å². The average Bonchev–Trinajstić information content (AvgIpc) is 2.18. The molecule has 0 atom stereocenters. The van der Waals surface area contributed by atoms with E-state index in [-0.39, 0.29) is 6.10 Å². The van der Waals surface area contributed by atoms with Gasteiger partial charge in [0.2, 0.25) is 0 Å². The summed E-state index contributed by atoms with van der Waals surface area (Å²) in [5, 5.41) is 9.08. The lowest BCUT2D eigenvalue weighted by Crippen LogP contribution is -2.51. The number of aliphatic hydroxyl groups excluding tert-OH is 1. The summed E-state index contributed by atoms with van der Waals surface area (Å²) in [6.07, 6.45) is -0.121. The third kappa shape index (κ3) is 2.94. The number of β-amino-alcohol motifs (C(OH)–C–C–N with tert-alkyl or cyclic N) is 1. The summed E-state index contributed by atoms with van der Waals surface area (Å²) in [6, 6.07) is 8.06. The van der Waals surface area contributed by atoms with Gasteiger partial charge in [-0.3, -0.25) is 4.90 Å². The van der Waals surface area contributed by atoms with Crippen molar-refractivity contribution >= 4 is 0 Å². The summed E-state index contributed by atoms with van der Waals surface area (Å²) >= 11 is 0. The van der Waals surface area contributed by atoms with Crippen molar-refractivity contribution in [1.82, 2.24) is 4.90 Å². The SMILES string of the molecule is Cc1ccc(OCCN2CC(O)C2)cc1. The minimum absolute atomic E-state index is 0.121. The maximum atomic E-state index is 9.08. The molecule has 0 unspecified atom stereocenters. The summed E-state index contributed by atoms with van der Waals surface area (Å²) in [7, 11) is 0. The van der Waals surface area contributed by atoms with Gasteiger partial charge in [0.05, 0.1) is 6.10 Å². The van der Waals surface area contributed by atoms with E-state index >= 15 is 0 Å². The second kappa shape index (κ2) is 4.64. The van der Waals surface area contributed by atoms with Crippen molar-refractivity contribution in [1.29, 1.82) is 0 Å². The highest BCUT2D eigenvalue weighted by Gasteiger charge is 2.23. The van der Waals surface area contributed by atoms with E-state index < -0.39 is 0 Å². The van der Waals surface area contributed by atoms with Crippen molar-refractivity contribution in [3.8, 4) is 5.75 Å². The van der Waals surface area contributed by atoms with Crippen molar-refractivity contribution in [2.24, 2.45) is 0 Å². The van der Waals surface area contributed by atoms with Crippen LogP contribution in [0.15, 0.2) is 24.3 Å². The number of aliphatic hydroxyl groups is 1. The van der Waals surface area contributed by atoms with E-state index in [1.807, 2.05) is 24.3 Å². The van der Waals surface area contributed by atoms with E-state index in [0.29, 0.717) is 6.61 Å². The quantitative estimate of drug-likeness (QED) is 0.801. The van der Waals surface area contributed by atoms with Gasteiger partial charge < -0.3 is 9.84 Å². The number of hydrogen-bond acceptors (Lipinski definition) is 3. The van der Waals surface area contributed by atoms with Gasteiger partial charge in [-0.25, -0.2) is 0 Å². The first-order chi connectivity index (χ1) is 7.24. The summed E-state index contributed by atoms with van der Waals surface area (Å²) in [6.45, 7) is 5.22. The van der Waals surface area contributed by atoms with Crippen LogP contribution in [0.1, 0.15) is 5.56 Å². The number of likely N-dealkylation sites (tertiary alicyclic amines) is 1. The van der Waals surface area contributed by atoms with E-state index in [2.05, 4.69) is 11.8 Å². The second-order valence-electron chi connectivity index (χ2n) is 4.07. The van der Waals surface area contributed by atoms with Crippen LogP contribution in [0.3, 0.4) is 0 Å². The van der Waals surface area contributed by atoms with E-state index in [1.165, 1.54) is 5.56 Å². The Morgan fingerprint density at radius 3 is 2.60 bits per heavy atom. The Hall–Kier alpha value is -1.06. The zero-order chi connectivity index (χ0) is 10.7. The molecule has 0 amide bonds. The summed E-state index contributed by atoms with van der Waals surface area (Å²) in [5.41, 5.74) is 1.24. The number of nitrogens with zero attached hydrogens (tertiary/aromatic N) is 1. The molecule has 82 valence electrons. The molecule has 15 heavy (non-hydrogen) atoms. The molecule has 1 saturated heterocycles. The van der Waals surface area contributed by atoms with E-state index in [0.717, 1.165) is 25.4 Å². The lowest BCUT2D eigenvalue weighted by Gasteiger charge is -2.35. The number of ether oxygens (including phenoxy) is 1. The number of aryl methyl sites for hydroxylation is 1. The first-order valence-electron chi connectivity index (χ1n) is 5.34. The van der Waals surface area contributed by atoms with Crippen LogP contribution in [0, 0.1) is 6.92 Å². The Balaban J connectivity index is 1.67. The standard InChI is InChI=1S/C12H17NO2/c1-10-2-4-12(5-3-10)15-7-6-13-8-11(14)9-13/h2-5,11,14H,6-9H2,1H3. The second-order valence-corrected chi connectivity index (χ2v) is 4.07. The van der Waals surface area contributed by atoms with Gasteiger partial charge in [-0.05, 0) is 19.1 Å². The van der Waals surface area contributed by atoms with Crippen LogP contribution in [-0.4, -0.2) is 42.4 Å². The maximum Gasteiger partial charge on any atom is 0.119 e. The van der Waals surface area contributed by atoms with Gasteiger partial charge in [-0.15, -0.1) is 0 Å². The van der Waals surface area contributed by atoms with E-state index in [9.17, 15) is 0 Å². The molecule has 1 aliphatic rings. The van der Waals surface area contributed by atoms with Crippen molar-refractivity contribution < 1.29 is 9.84 Å². The predicted molar refractivity (Wildman–Crippen MR) is 59.1 cm³/mol. The predicted octanol–water partition coefficient (Wildman–Crippen LogP) is 1.05. The summed E-state index contributed by atoms with van der Waals surface area (Å²) < 4.78 is 5.58. The summed E-state index contributed by atoms with van der Waals surface area (Å²) in [5.74, 6) is 0.918. The summed E-state index contributed by atoms with van der Waals surface area (Å²) in [4.78, 5) is 2.18. The molecule has 1 aliphatic heterocycles. The minimum Gasteiger partial charge on any atom is -0.492 e. The Labute approximate surface area is 90.3 Å². The van der Waals surface area contributed by atoms with Gasteiger partial charge in [0.15, 0.2) is 0 Å².